The average Bonchev–Trinajstić information content (AvgIpc) is 3.24. The van der Waals surface area contributed by atoms with Crippen LogP contribution < -0.4 is 4.74 Å². The van der Waals surface area contributed by atoms with Gasteiger partial charge >= 0.3 is 24.1 Å². The molecule has 0 amide bonds. The summed E-state index contributed by atoms with van der Waals surface area (Å²) in [5.41, 5.74) is -2.12. The van der Waals surface area contributed by atoms with Crippen LogP contribution in [0.3, 0.4) is 0 Å². The van der Waals surface area contributed by atoms with Crippen LogP contribution >= 0.6 is 0 Å². The molecule has 3 aliphatic rings. The van der Waals surface area contributed by atoms with Crippen molar-refractivity contribution in [3.8, 4) is 5.75 Å². The first-order valence-corrected chi connectivity index (χ1v) is 9.01. The number of carbonyl (C=O) groups excluding carboxylic acids is 3. The van der Waals surface area contributed by atoms with Gasteiger partial charge in [-0.15, -0.1) is 0 Å². The second kappa shape index (κ2) is 6.33. The third kappa shape index (κ3) is 2.82. The zero-order valence-corrected chi connectivity index (χ0v) is 15.3. The van der Waals surface area contributed by atoms with Crippen molar-refractivity contribution in [3.05, 3.63) is 42.0 Å². The third-order valence-corrected chi connectivity index (χ3v) is 5.96. The van der Waals surface area contributed by atoms with Crippen LogP contribution in [0, 0.1) is 17.3 Å². The van der Waals surface area contributed by atoms with Gasteiger partial charge in [-0.3, -0.25) is 4.79 Å². The SMILES string of the molecule is C=C(C)C(=O)Oc1ccc(C(=O)OC2C3CC4C2OC(=O)C4(C(F)(F)F)C3)cc1. The summed E-state index contributed by atoms with van der Waals surface area (Å²) in [6, 6.07) is 5.53. The number of carbonyl (C=O) groups is 3. The van der Waals surface area contributed by atoms with Crippen LogP contribution in [-0.4, -0.2) is 36.3 Å². The molecule has 0 spiro atoms. The van der Waals surface area contributed by atoms with Crippen molar-refractivity contribution in [2.24, 2.45) is 17.3 Å². The molecular weight excluding hydrogens is 393 g/mol. The lowest BCUT2D eigenvalue weighted by Gasteiger charge is -2.33. The topological polar surface area (TPSA) is 78.9 Å². The molecule has 29 heavy (non-hydrogen) atoms. The molecule has 0 aromatic heterocycles. The Morgan fingerprint density at radius 2 is 1.90 bits per heavy atom. The van der Waals surface area contributed by atoms with E-state index in [4.69, 9.17) is 14.2 Å². The quantitative estimate of drug-likeness (QED) is 0.431. The molecular formula is C20H17F3O6. The highest BCUT2D eigenvalue weighted by molar-refractivity contribution is 5.91. The minimum absolute atomic E-state index is 0.129. The van der Waals surface area contributed by atoms with Crippen molar-refractivity contribution >= 4 is 17.9 Å². The van der Waals surface area contributed by atoms with E-state index in [1.165, 1.54) is 31.2 Å². The highest BCUT2D eigenvalue weighted by atomic mass is 19.4. The molecule has 154 valence electrons. The van der Waals surface area contributed by atoms with Gasteiger partial charge in [-0.05, 0) is 44.0 Å². The summed E-state index contributed by atoms with van der Waals surface area (Å²) in [5, 5.41) is 0. The van der Waals surface area contributed by atoms with E-state index in [-0.39, 0.29) is 23.3 Å². The molecule has 0 N–H and O–H groups in total. The number of benzene rings is 1. The van der Waals surface area contributed by atoms with Crippen molar-refractivity contribution in [1.82, 2.24) is 0 Å². The van der Waals surface area contributed by atoms with Gasteiger partial charge in [0.25, 0.3) is 0 Å². The number of fused-ring (bicyclic) bond motifs is 1. The molecule has 2 bridgehead atoms. The fraction of sp³-hybridized carbons (Fsp3) is 0.450. The molecule has 3 fully saturated rings. The lowest BCUT2D eigenvalue weighted by molar-refractivity contribution is -0.230. The smallest absolute Gasteiger partial charge is 0.405 e. The highest BCUT2D eigenvalue weighted by Crippen LogP contribution is 2.67. The van der Waals surface area contributed by atoms with E-state index < -0.39 is 60.0 Å². The summed E-state index contributed by atoms with van der Waals surface area (Å²) >= 11 is 0. The Hall–Kier alpha value is -2.84. The maximum absolute atomic E-state index is 13.5. The van der Waals surface area contributed by atoms with Crippen LogP contribution in [0.4, 0.5) is 13.2 Å². The van der Waals surface area contributed by atoms with E-state index in [2.05, 4.69) is 6.58 Å². The van der Waals surface area contributed by atoms with E-state index in [1.54, 1.807) is 0 Å². The maximum atomic E-state index is 13.5. The zero-order valence-electron chi connectivity index (χ0n) is 15.3. The molecule has 5 unspecified atom stereocenters. The number of rotatable bonds is 4. The second-order valence-electron chi connectivity index (χ2n) is 7.71. The standard InChI is InChI=1S/C20H17F3O6/c1-9(2)16(24)27-12-5-3-10(4-6-12)17(25)28-14-11-7-13-15(14)29-18(26)19(13,8-11)20(21,22)23/h3-6,11,13-15H,1,7-8H2,2H3. The molecule has 5 atom stereocenters. The second-order valence-corrected chi connectivity index (χ2v) is 7.71. The van der Waals surface area contributed by atoms with Crippen LogP contribution in [-0.2, 0) is 19.1 Å². The van der Waals surface area contributed by atoms with Crippen molar-refractivity contribution in [2.75, 3.05) is 0 Å². The summed E-state index contributed by atoms with van der Waals surface area (Å²) in [6.45, 7) is 4.95. The van der Waals surface area contributed by atoms with Gasteiger partial charge in [-0.2, -0.15) is 13.2 Å². The molecule has 4 rings (SSSR count). The number of halogens is 3. The largest absolute Gasteiger partial charge is 0.457 e. The van der Waals surface area contributed by atoms with Crippen LogP contribution in [0.1, 0.15) is 30.1 Å². The molecule has 1 aromatic carbocycles. The first-order valence-electron chi connectivity index (χ1n) is 9.01. The Labute approximate surface area is 163 Å². The predicted octanol–water partition coefficient (Wildman–Crippen LogP) is 3.21. The van der Waals surface area contributed by atoms with Gasteiger partial charge in [-0.1, -0.05) is 6.58 Å². The van der Waals surface area contributed by atoms with Gasteiger partial charge in [0.15, 0.2) is 5.41 Å². The molecule has 1 aromatic rings. The molecule has 1 saturated heterocycles. The summed E-state index contributed by atoms with van der Waals surface area (Å²) in [6.07, 6.45) is -6.98. The Bertz CT molecular complexity index is 906. The van der Waals surface area contributed by atoms with Crippen molar-refractivity contribution in [2.45, 2.75) is 38.1 Å². The molecule has 6 nitrogen and oxygen atoms in total. The molecule has 2 saturated carbocycles. The Morgan fingerprint density at radius 3 is 2.48 bits per heavy atom. The number of ether oxygens (including phenoxy) is 3. The van der Waals surface area contributed by atoms with Gasteiger partial charge in [0.2, 0.25) is 0 Å². The van der Waals surface area contributed by atoms with Gasteiger partial charge in [0.1, 0.15) is 18.0 Å². The highest BCUT2D eigenvalue weighted by Gasteiger charge is 2.80. The van der Waals surface area contributed by atoms with Crippen molar-refractivity contribution in [3.63, 3.8) is 0 Å². The molecule has 0 radical (unpaired) electrons. The molecule has 9 heteroatoms. The van der Waals surface area contributed by atoms with E-state index in [9.17, 15) is 27.6 Å². The molecule has 2 aliphatic carbocycles. The predicted molar refractivity (Wildman–Crippen MR) is 90.7 cm³/mol. The fourth-order valence-corrected chi connectivity index (χ4v) is 4.60. The van der Waals surface area contributed by atoms with Gasteiger partial charge in [0.05, 0.1) is 5.56 Å². The van der Waals surface area contributed by atoms with Crippen LogP contribution in [0.2, 0.25) is 0 Å². The summed E-state index contributed by atoms with van der Waals surface area (Å²) in [7, 11) is 0. The summed E-state index contributed by atoms with van der Waals surface area (Å²) in [5.74, 6) is -4.04. The van der Waals surface area contributed by atoms with Crippen LogP contribution in [0.5, 0.6) is 5.75 Å². The van der Waals surface area contributed by atoms with Crippen LogP contribution in [0.25, 0.3) is 0 Å². The lowest BCUT2D eigenvalue weighted by atomic mass is 9.73. The minimum Gasteiger partial charge on any atom is -0.457 e. The van der Waals surface area contributed by atoms with E-state index in [0.717, 1.165) is 0 Å². The van der Waals surface area contributed by atoms with Gasteiger partial charge in [-0.25, -0.2) is 9.59 Å². The van der Waals surface area contributed by atoms with Gasteiger partial charge < -0.3 is 14.2 Å². The number of alkyl halides is 3. The first-order chi connectivity index (χ1) is 13.5. The normalized spacial score (nSPS) is 32.1. The Morgan fingerprint density at radius 1 is 1.24 bits per heavy atom. The lowest BCUT2D eigenvalue weighted by Crippen LogP contribution is -2.48. The average molecular weight is 410 g/mol. The van der Waals surface area contributed by atoms with Gasteiger partial charge in [0, 0.05) is 17.4 Å². The van der Waals surface area contributed by atoms with Crippen molar-refractivity contribution < 1.29 is 41.8 Å². The van der Waals surface area contributed by atoms with E-state index in [1.807, 2.05) is 0 Å². The number of hydrogen-bond acceptors (Lipinski definition) is 6. The number of esters is 3. The van der Waals surface area contributed by atoms with Crippen molar-refractivity contribution in [1.29, 1.82) is 0 Å². The third-order valence-electron chi connectivity index (χ3n) is 5.96. The summed E-state index contributed by atoms with van der Waals surface area (Å²) < 4.78 is 56.0. The van der Waals surface area contributed by atoms with E-state index in [0.29, 0.717) is 0 Å². The maximum Gasteiger partial charge on any atom is 0.405 e. The fourth-order valence-electron chi connectivity index (χ4n) is 4.60. The van der Waals surface area contributed by atoms with Crippen LogP contribution in [0.15, 0.2) is 36.4 Å². The summed E-state index contributed by atoms with van der Waals surface area (Å²) in [4.78, 5) is 35.9. The molecule has 1 aliphatic heterocycles. The number of hydrogen-bond donors (Lipinski definition) is 0. The first kappa shape index (κ1) is 19.5. The Balaban J connectivity index is 1.45. The Kier molecular flexibility index (Phi) is 4.25. The minimum atomic E-state index is -4.69. The zero-order chi connectivity index (χ0) is 21.1. The molecule has 1 heterocycles. The van der Waals surface area contributed by atoms with E-state index >= 15 is 0 Å². The monoisotopic (exact) mass is 410 g/mol.